The summed E-state index contributed by atoms with van der Waals surface area (Å²) in [5.41, 5.74) is 4.36. The molecule has 0 aliphatic carbocycles. The molecule has 0 aliphatic heterocycles. The van der Waals surface area contributed by atoms with Crippen LogP contribution in [0.1, 0.15) is 33.3 Å². The molecule has 0 saturated heterocycles. The van der Waals surface area contributed by atoms with E-state index in [-0.39, 0.29) is 5.92 Å². The number of nitro groups is 2. The molecular weight excluding hydrogens is 250 g/mol. The minimum absolute atomic E-state index is 0.162. The first kappa shape index (κ1) is 14.9. The van der Waals surface area contributed by atoms with Gasteiger partial charge in [0.1, 0.15) is 0 Å². The minimum atomic E-state index is -0.692. The molecule has 0 aromatic heterocycles. The Hall–Kier alpha value is -2.18. The van der Waals surface area contributed by atoms with Crippen LogP contribution in [0.15, 0.2) is 12.1 Å². The summed E-state index contributed by atoms with van der Waals surface area (Å²) < 4.78 is 0. The van der Waals surface area contributed by atoms with Crippen molar-refractivity contribution in [2.45, 2.75) is 33.1 Å². The van der Waals surface area contributed by atoms with E-state index in [9.17, 15) is 20.2 Å². The average molecular weight is 267 g/mol. The number of nitrogens with two attached hydrogens (primary N) is 1. The van der Waals surface area contributed by atoms with Crippen molar-refractivity contribution in [1.82, 2.24) is 0 Å². The second-order valence-electron chi connectivity index (χ2n) is 5.32. The molecule has 0 fully saturated rings. The highest BCUT2D eigenvalue weighted by atomic mass is 16.6. The lowest BCUT2D eigenvalue weighted by atomic mass is 9.75. The minimum Gasteiger partial charge on any atom is -0.388 e. The van der Waals surface area contributed by atoms with Gasteiger partial charge < -0.3 is 5.73 Å². The molecule has 1 aromatic rings. The second kappa shape index (κ2) is 4.83. The van der Waals surface area contributed by atoms with Crippen LogP contribution in [-0.4, -0.2) is 9.85 Å². The molecule has 0 bridgehead atoms. The van der Waals surface area contributed by atoms with Gasteiger partial charge in [-0.1, -0.05) is 27.7 Å². The molecule has 0 atom stereocenters. The van der Waals surface area contributed by atoms with Gasteiger partial charge >= 0.3 is 0 Å². The molecule has 0 spiro atoms. The van der Waals surface area contributed by atoms with E-state index in [1.807, 2.05) is 27.7 Å². The largest absolute Gasteiger partial charge is 0.388 e. The molecular formula is C12H17N3O4. The molecule has 0 amide bonds. The van der Waals surface area contributed by atoms with Gasteiger partial charge in [0.05, 0.1) is 9.85 Å². The van der Waals surface area contributed by atoms with Crippen molar-refractivity contribution in [3.8, 4) is 0 Å². The molecule has 104 valence electrons. The van der Waals surface area contributed by atoms with Crippen molar-refractivity contribution in [3.63, 3.8) is 0 Å². The zero-order valence-corrected chi connectivity index (χ0v) is 11.3. The molecule has 0 heterocycles. The number of nitro benzene ring substituents is 2. The smallest absolute Gasteiger partial charge is 0.299 e. The van der Waals surface area contributed by atoms with Gasteiger partial charge in [0.15, 0.2) is 5.69 Å². The zero-order chi connectivity index (χ0) is 15.0. The number of nitrogen functional groups attached to an aromatic ring is 1. The Balaban J connectivity index is 3.61. The van der Waals surface area contributed by atoms with Gasteiger partial charge in [0.25, 0.3) is 11.4 Å². The monoisotopic (exact) mass is 267 g/mol. The Morgan fingerprint density at radius 1 is 1.11 bits per heavy atom. The molecule has 19 heavy (non-hydrogen) atoms. The van der Waals surface area contributed by atoms with E-state index >= 15 is 0 Å². The summed E-state index contributed by atoms with van der Waals surface area (Å²) in [4.78, 5) is 20.5. The van der Waals surface area contributed by atoms with E-state index in [0.29, 0.717) is 5.56 Å². The fraction of sp³-hybridized carbons (Fsp3) is 0.500. The first-order chi connectivity index (χ1) is 8.59. The Morgan fingerprint density at radius 3 is 1.74 bits per heavy atom. The topological polar surface area (TPSA) is 112 Å². The summed E-state index contributed by atoms with van der Waals surface area (Å²) in [6.45, 7) is 7.68. The standard InChI is InChI=1S/C12H17N3O4/c1-7(2)12(3,4)8-5-9(14(16)17)11(13)10(6-8)15(18)19/h5-7H,13H2,1-4H3. The van der Waals surface area contributed by atoms with Crippen LogP contribution >= 0.6 is 0 Å². The van der Waals surface area contributed by atoms with Crippen LogP contribution in [0.25, 0.3) is 0 Å². The summed E-state index contributed by atoms with van der Waals surface area (Å²) in [6, 6.07) is 2.64. The Kier molecular flexibility index (Phi) is 3.78. The molecule has 1 rings (SSSR count). The summed E-state index contributed by atoms with van der Waals surface area (Å²) in [5, 5.41) is 21.9. The third-order valence-electron chi connectivity index (χ3n) is 3.72. The summed E-state index contributed by atoms with van der Waals surface area (Å²) in [7, 11) is 0. The summed E-state index contributed by atoms with van der Waals surface area (Å²) in [5.74, 6) is 0.162. The Morgan fingerprint density at radius 2 is 1.47 bits per heavy atom. The molecule has 7 nitrogen and oxygen atoms in total. The summed E-state index contributed by atoms with van der Waals surface area (Å²) >= 11 is 0. The molecule has 7 heteroatoms. The van der Waals surface area contributed by atoms with Crippen LogP contribution in [0.4, 0.5) is 17.1 Å². The van der Waals surface area contributed by atoms with Gasteiger partial charge in [0, 0.05) is 12.1 Å². The quantitative estimate of drug-likeness (QED) is 0.511. The molecule has 0 unspecified atom stereocenters. The van der Waals surface area contributed by atoms with Crippen LogP contribution in [-0.2, 0) is 5.41 Å². The van der Waals surface area contributed by atoms with Gasteiger partial charge in [-0.05, 0) is 16.9 Å². The van der Waals surface area contributed by atoms with Crippen molar-refractivity contribution in [2.24, 2.45) is 5.92 Å². The second-order valence-corrected chi connectivity index (χ2v) is 5.32. The SMILES string of the molecule is CC(C)C(C)(C)c1cc([N+](=O)[O-])c(N)c([N+](=O)[O-])c1. The molecule has 0 saturated carbocycles. The van der Waals surface area contributed by atoms with Gasteiger partial charge in [-0.2, -0.15) is 0 Å². The van der Waals surface area contributed by atoms with Crippen LogP contribution in [0.3, 0.4) is 0 Å². The van der Waals surface area contributed by atoms with Gasteiger partial charge in [-0.15, -0.1) is 0 Å². The first-order valence-corrected chi connectivity index (χ1v) is 5.81. The predicted molar refractivity (Wildman–Crippen MR) is 72.0 cm³/mol. The zero-order valence-electron chi connectivity index (χ0n) is 11.3. The van der Waals surface area contributed by atoms with Gasteiger partial charge in [0.2, 0.25) is 0 Å². The highest BCUT2D eigenvalue weighted by molar-refractivity contribution is 5.72. The van der Waals surface area contributed by atoms with Crippen molar-refractivity contribution in [3.05, 3.63) is 37.9 Å². The van der Waals surface area contributed by atoms with Crippen LogP contribution in [0, 0.1) is 26.1 Å². The molecule has 0 radical (unpaired) electrons. The number of hydrogen-bond donors (Lipinski definition) is 1. The van der Waals surface area contributed by atoms with Crippen molar-refractivity contribution >= 4 is 17.1 Å². The van der Waals surface area contributed by atoms with E-state index in [2.05, 4.69) is 0 Å². The van der Waals surface area contributed by atoms with Gasteiger partial charge in [-0.3, -0.25) is 20.2 Å². The lowest BCUT2D eigenvalue weighted by Gasteiger charge is -2.29. The average Bonchev–Trinajstić information content (AvgIpc) is 2.27. The highest BCUT2D eigenvalue weighted by Gasteiger charge is 2.32. The normalized spacial score (nSPS) is 11.6. The van der Waals surface area contributed by atoms with E-state index < -0.39 is 32.3 Å². The maximum atomic E-state index is 10.9. The fourth-order valence-corrected chi connectivity index (χ4v) is 1.63. The summed E-state index contributed by atoms with van der Waals surface area (Å²) in [6.07, 6.45) is 0. The third kappa shape index (κ3) is 2.64. The number of benzene rings is 1. The molecule has 1 aromatic carbocycles. The van der Waals surface area contributed by atoms with Crippen molar-refractivity contribution in [1.29, 1.82) is 0 Å². The van der Waals surface area contributed by atoms with Crippen molar-refractivity contribution in [2.75, 3.05) is 5.73 Å². The van der Waals surface area contributed by atoms with E-state index in [0.717, 1.165) is 0 Å². The Labute approximate surface area is 110 Å². The lowest BCUT2D eigenvalue weighted by Crippen LogP contribution is -2.24. The first-order valence-electron chi connectivity index (χ1n) is 5.81. The van der Waals surface area contributed by atoms with Crippen molar-refractivity contribution < 1.29 is 9.85 Å². The number of nitrogens with zero attached hydrogens (tertiary/aromatic N) is 2. The number of anilines is 1. The predicted octanol–water partition coefficient (Wildman–Crippen LogP) is 3.02. The van der Waals surface area contributed by atoms with Gasteiger partial charge in [-0.25, -0.2) is 0 Å². The molecule has 2 N–H and O–H groups in total. The van der Waals surface area contributed by atoms with E-state index in [1.54, 1.807) is 0 Å². The maximum absolute atomic E-state index is 10.9. The lowest BCUT2D eigenvalue weighted by molar-refractivity contribution is -0.392. The Bertz CT molecular complexity index is 503. The molecule has 0 aliphatic rings. The fourth-order valence-electron chi connectivity index (χ4n) is 1.63. The maximum Gasteiger partial charge on any atom is 0.299 e. The van der Waals surface area contributed by atoms with Crippen LogP contribution in [0.5, 0.6) is 0 Å². The van der Waals surface area contributed by atoms with Crippen LogP contribution < -0.4 is 5.73 Å². The van der Waals surface area contributed by atoms with E-state index in [1.165, 1.54) is 12.1 Å². The van der Waals surface area contributed by atoms with E-state index in [4.69, 9.17) is 5.73 Å². The highest BCUT2D eigenvalue weighted by Crippen LogP contribution is 2.39. The third-order valence-corrected chi connectivity index (χ3v) is 3.72. The van der Waals surface area contributed by atoms with Crippen LogP contribution in [0.2, 0.25) is 0 Å². The number of rotatable bonds is 4. The number of hydrogen-bond acceptors (Lipinski definition) is 5.